The lowest BCUT2D eigenvalue weighted by Gasteiger charge is -2.08. The Morgan fingerprint density at radius 1 is 1.52 bits per heavy atom. The highest BCUT2D eigenvalue weighted by atomic mass is 32.1. The van der Waals surface area contributed by atoms with Crippen LogP contribution >= 0.6 is 11.3 Å². The zero-order chi connectivity index (χ0) is 15.4. The van der Waals surface area contributed by atoms with E-state index in [-0.39, 0.29) is 17.4 Å². The number of anilines is 1. The maximum atomic E-state index is 13.6. The summed E-state index contributed by atoms with van der Waals surface area (Å²) >= 11 is 1.28. The molecule has 1 atom stereocenters. The van der Waals surface area contributed by atoms with Crippen LogP contribution < -0.4 is 10.6 Å². The van der Waals surface area contributed by atoms with E-state index in [1.54, 1.807) is 0 Å². The molecule has 2 aromatic rings. The molecule has 1 aromatic carbocycles. The molecule has 0 fully saturated rings. The highest BCUT2D eigenvalue weighted by Crippen LogP contribution is 2.22. The van der Waals surface area contributed by atoms with Gasteiger partial charge in [-0.05, 0) is 25.6 Å². The molecular formula is C14H16FN3O2S. The first-order chi connectivity index (χ1) is 10.0. The summed E-state index contributed by atoms with van der Waals surface area (Å²) in [6.45, 7) is 4.79. The molecule has 5 nitrogen and oxygen atoms in total. The number of aromatic nitrogens is 1. The Hall–Kier alpha value is -1.99. The van der Waals surface area contributed by atoms with Gasteiger partial charge in [-0.25, -0.2) is 9.37 Å². The summed E-state index contributed by atoms with van der Waals surface area (Å²) < 4.78 is 13.6. The summed E-state index contributed by atoms with van der Waals surface area (Å²) in [5.74, 6) is -1.59. The molecule has 1 unspecified atom stereocenters. The number of phenols is 1. The number of benzene rings is 1. The quantitative estimate of drug-likeness (QED) is 0.794. The molecule has 0 aliphatic heterocycles. The summed E-state index contributed by atoms with van der Waals surface area (Å²) in [7, 11) is 0. The van der Waals surface area contributed by atoms with Crippen molar-refractivity contribution in [1.82, 2.24) is 10.3 Å². The number of phenolic OH excluding ortho intramolecular Hbond substituents is 1. The average molecular weight is 309 g/mol. The molecule has 1 heterocycles. The fourth-order valence-electron chi connectivity index (χ4n) is 1.81. The number of nitrogens with zero attached hydrogens (tertiary/aromatic N) is 1. The van der Waals surface area contributed by atoms with Crippen LogP contribution in [0.5, 0.6) is 5.75 Å². The number of carbonyl (C=O) groups is 1. The molecule has 3 N–H and O–H groups in total. The number of hydrogen-bond acceptors (Lipinski definition) is 5. The number of aromatic hydroxyl groups is 1. The van der Waals surface area contributed by atoms with Crippen molar-refractivity contribution in [3.8, 4) is 5.75 Å². The van der Waals surface area contributed by atoms with Crippen molar-refractivity contribution in [3.05, 3.63) is 40.7 Å². The van der Waals surface area contributed by atoms with Crippen LogP contribution in [0.4, 0.5) is 9.52 Å². The lowest BCUT2D eigenvalue weighted by Crippen LogP contribution is -2.18. The van der Waals surface area contributed by atoms with Gasteiger partial charge < -0.3 is 10.4 Å². The Bertz CT molecular complexity index is 645. The molecule has 0 aliphatic rings. The first kappa shape index (κ1) is 15.4. The summed E-state index contributed by atoms with van der Waals surface area (Å²) in [4.78, 5) is 16.3. The normalized spacial score (nSPS) is 12.1. The SMILES string of the molecule is CCNC(C)c1csc(NC(=O)c2ccc(O)cc2F)n1. The zero-order valence-corrected chi connectivity index (χ0v) is 12.5. The van der Waals surface area contributed by atoms with E-state index in [1.165, 1.54) is 23.5 Å². The second-order valence-electron chi connectivity index (χ2n) is 4.48. The molecule has 7 heteroatoms. The van der Waals surface area contributed by atoms with E-state index < -0.39 is 11.7 Å². The van der Waals surface area contributed by atoms with Gasteiger partial charge in [-0.3, -0.25) is 10.1 Å². The summed E-state index contributed by atoms with van der Waals surface area (Å²) in [5, 5.41) is 17.2. The molecule has 2 rings (SSSR count). The minimum absolute atomic E-state index is 0.0855. The van der Waals surface area contributed by atoms with Gasteiger partial charge in [0.15, 0.2) is 5.13 Å². The molecular weight excluding hydrogens is 293 g/mol. The molecule has 0 bridgehead atoms. The molecule has 0 spiro atoms. The smallest absolute Gasteiger partial charge is 0.260 e. The van der Waals surface area contributed by atoms with Crippen LogP contribution in [0.1, 0.15) is 35.9 Å². The van der Waals surface area contributed by atoms with Gasteiger partial charge >= 0.3 is 0 Å². The highest BCUT2D eigenvalue weighted by Gasteiger charge is 2.15. The van der Waals surface area contributed by atoms with E-state index in [2.05, 4.69) is 15.6 Å². The van der Waals surface area contributed by atoms with Crippen molar-refractivity contribution >= 4 is 22.4 Å². The van der Waals surface area contributed by atoms with Gasteiger partial charge in [0.25, 0.3) is 5.91 Å². The fraction of sp³-hybridized carbons (Fsp3) is 0.286. The Morgan fingerprint density at radius 3 is 2.95 bits per heavy atom. The van der Waals surface area contributed by atoms with Crippen LogP contribution in [0.2, 0.25) is 0 Å². The first-order valence-electron chi connectivity index (χ1n) is 6.50. The number of rotatable bonds is 5. The van der Waals surface area contributed by atoms with Crippen molar-refractivity contribution in [3.63, 3.8) is 0 Å². The lowest BCUT2D eigenvalue weighted by atomic mass is 10.2. The first-order valence-corrected chi connectivity index (χ1v) is 7.38. The van der Waals surface area contributed by atoms with Crippen LogP contribution in [-0.2, 0) is 0 Å². The van der Waals surface area contributed by atoms with Gasteiger partial charge in [-0.2, -0.15) is 0 Å². The van der Waals surface area contributed by atoms with E-state index in [1.807, 2.05) is 19.2 Å². The maximum absolute atomic E-state index is 13.6. The van der Waals surface area contributed by atoms with Crippen LogP contribution in [-0.4, -0.2) is 22.5 Å². The zero-order valence-electron chi connectivity index (χ0n) is 11.7. The van der Waals surface area contributed by atoms with Crippen molar-refractivity contribution in [1.29, 1.82) is 0 Å². The van der Waals surface area contributed by atoms with Crippen molar-refractivity contribution < 1.29 is 14.3 Å². The molecule has 0 aliphatic carbocycles. The number of nitrogens with one attached hydrogen (secondary N) is 2. The van der Waals surface area contributed by atoms with Crippen molar-refractivity contribution in [2.45, 2.75) is 19.9 Å². The van der Waals surface area contributed by atoms with E-state index in [0.29, 0.717) is 5.13 Å². The minimum Gasteiger partial charge on any atom is -0.508 e. The molecule has 0 saturated heterocycles. The van der Waals surface area contributed by atoms with Crippen molar-refractivity contribution in [2.24, 2.45) is 0 Å². The lowest BCUT2D eigenvalue weighted by molar-refractivity contribution is 0.102. The van der Waals surface area contributed by atoms with Crippen LogP contribution in [0.25, 0.3) is 0 Å². The number of carbonyl (C=O) groups excluding carboxylic acids is 1. The third kappa shape index (κ3) is 3.77. The van der Waals surface area contributed by atoms with Gasteiger partial charge in [0, 0.05) is 17.5 Å². The van der Waals surface area contributed by atoms with E-state index in [0.717, 1.165) is 18.3 Å². The second kappa shape index (κ2) is 6.64. The molecule has 0 radical (unpaired) electrons. The Labute approximate surface area is 125 Å². The third-order valence-electron chi connectivity index (χ3n) is 2.89. The van der Waals surface area contributed by atoms with E-state index >= 15 is 0 Å². The maximum Gasteiger partial charge on any atom is 0.260 e. The van der Waals surface area contributed by atoms with Crippen LogP contribution in [0, 0.1) is 5.82 Å². The molecule has 0 saturated carbocycles. The number of amides is 1. The van der Waals surface area contributed by atoms with E-state index in [4.69, 9.17) is 5.11 Å². The topological polar surface area (TPSA) is 74.2 Å². The highest BCUT2D eigenvalue weighted by molar-refractivity contribution is 7.14. The fourth-order valence-corrected chi connectivity index (χ4v) is 2.60. The summed E-state index contributed by atoms with van der Waals surface area (Å²) in [6.07, 6.45) is 0. The summed E-state index contributed by atoms with van der Waals surface area (Å²) in [6, 6.07) is 3.48. The van der Waals surface area contributed by atoms with Crippen LogP contribution in [0.3, 0.4) is 0 Å². The van der Waals surface area contributed by atoms with Crippen LogP contribution in [0.15, 0.2) is 23.6 Å². The Balaban J connectivity index is 2.09. The van der Waals surface area contributed by atoms with Gasteiger partial charge in [-0.1, -0.05) is 6.92 Å². The summed E-state index contributed by atoms with van der Waals surface area (Å²) in [5.41, 5.74) is 0.688. The molecule has 1 aromatic heterocycles. The third-order valence-corrected chi connectivity index (χ3v) is 3.67. The van der Waals surface area contributed by atoms with Gasteiger partial charge in [-0.15, -0.1) is 11.3 Å². The predicted molar refractivity (Wildman–Crippen MR) is 80.2 cm³/mol. The average Bonchev–Trinajstić information content (AvgIpc) is 2.87. The van der Waals surface area contributed by atoms with Crippen molar-refractivity contribution in [2.75, 3.05) is 11.9 Å². The van der Waals surface area contributed by atoms with Gasteiger partial charge in [0.05, 0.1) is 11.3 Å². The largest absolute Gasteiger partial charge is 0.508 e. The monoisotopic (exact) mass is 309 g/mol. The minimum atomic E-state index is -0.773. The second-order valence-corrected chi connectivity index (χ2v) is 5.33. The van der Waals surface area contributed by atoms with Gasteiger partial charge in [0.2, 0.25) is 0 Å². The molecule has 21 heavy (non-hydrogen) atoms. The molecule has 112 valence electrons. The Kier molecular flexibility index (Phi) is 4.87. The van der Waals surface area contributed by atoms with Gasteiger partial charge in [0.1, 0.15) is 11.6 Å². The van der Waals surface area contributed by atoms with E-state index in [9.17, 15) is 9.18 Å². The number of hydrogen-bond donors (Lipinski definition) is 3. The Morgan fingerprint density at radius 2 is 2.29 bits per heavy atom. The number of halogens is 1. The standard InChI is InChI=1S/C14H16FN3O2S/c1-3-16-8(2)12-7-21-14(17-12)18-13(20)10-5-4-9(19)6-11(10)15/h4-8,16,19H,3H2,1-2H3,(H,17,18,20). The molecule has 1 amide bonds. The predicted octanol–water partition coefficient (Wildman–Crippen LogP) is 2.91. The number of thiazole rings is 1.